The van der Waals surface area contributed by atoms with Crippen LogP contribution in [-0.2, 0) is 16.3 Å². The highest BCUT2D eigenvalue weighted by atomic mass is 32.2. The normalized spacial score (nSPS) is 19.5. The molecule has 1 aliphatic heterocycles. The van der Waals surface area contributed by atoms with Gasteiger partial charge in [0.15, 0.2) is 0 Å². The third kappa shape index (κ3) is 1.27. The van der Waals surface area contributed by atoms with Crippen LogP contribution in [0.15, 0.2) is 24.3 Å². The molecule has 0 spiro atoms. The third-order valence-electron chi connectivity index (χ3n) is 2.16. The second-order valence-electron chi connectivity index (χ2n) is 3.01. The molecule has 1 aromatic rings. The molecule has 0 atom stereocenters. The average molecular weight is 196 g/mol. The maximum atomic E-state index is 11.4. The van der Waals surface area contributed by atoms with Crippen molar-refractivity contribution in [2.75, 3.05) is 5.75 Å². The van der Waals surface area contributed by atoms with Gasteiger partial charge in [0.25, 0.3) is 5.12 Å². The Balaban J connectivity index is 2.65. The highest BCUT2D eigenvalue weighted by Gasteiger charge is 2.30. The summed E-state index contributed by atoms with van der Waals surface area (Å²) in [7, 11) is -3.51. The van der Waals surface area contributed by atoms with Crippen LogP contribution in [0.3, 0.4) is 0 Å². The van der Waals surface area contributed by atoms with Crippen LogP contribution in [0, 0.1) is 0 Å². The first-order valence-electron chi connectivity index (χ1n) is 3.96. The lowest BCUT2D eigenvalue weighted by Gasteiger charge is -2.13. The van der Waals surface area contributed by atoms with Crippen molar-refractivity contribution in [1.82, 2.24) is 0 Å². The van der Waals surface area contributed by atoms with Gasteiger partial charge in [0, 0.05) is 5.56 Å². The summed E-state index contributed by atoms with van der Waals surface area (Å²) in [5.41, 5.74) is 1.18. The molecule has 3 nitrogen and oxygen atoms in total. The molecule has 0 bridgehead atoms. The molecule has 1 aromatic carbocycles. The molecule has 2 rings (SSSR count). The van der Waals surface area contributed by atoms with Crippen LogP contribution in [0.2, 0.25) is 0 Å². The van der Waals surface area contributed by atoms with Crippen LogP contribution in [-0.4, -0.2) is 19.3 Å². The predicted molar refractivity (Wildman–Crippen MR) is 48.3 cm³/mol. The molecule has 0 amide bonds. The summed E-state index contributed by atoms with van der Waals surface area (Å²) in [6.07, 6.45) is 0.449. The summed E-state index contributed by atoms with van der Waals surface area (Å²) in [4.78, 5) is 11.4. The quantitative estimate of drug-likeness (QED) is 0.616. The number of carbonyl (C=O) groups is 1. The topological polar surface area (TPSA) is 51.2 Å². The van der Waals surface area contributed by atoms with Gasteiger partial charge in [-0.2, -0.15) is 0 Å². The Morgan fingerprint density at radius 1 is 1.15 bits per heavy atom. The monoisotopic (exact) mass is 196 g/mol. The Kier molecular flexibility index (Phi) is 1.73. The molecular weight excluding hydrogens is 188 g/mol. The Morgan fingerprint density at radius 3 is 2.62 bits per heavy atom. The highest BCUT2D eigenvalue weighted by Crippen LogP contribution is 2.19. The Bertz CT molecular complexity index is 460. The second kappa shape index (κ2) is 2.67. The molecule has 0 saturated heterocycles. The first kappa shape index (κ1) is 8.44. The van der Waals surface area contributed by atoms with E-state index in [1.54, 1.807) is 18.2 Å². The Labute approximate surface area is 76.3 Å². The van der Waals surface area contributed by atoms with Gasteiger partial charge in [0.1, 0.15) is 0 Å². The zero-order valence-corrected chi connectivity index (χ0v) is 7.67. The molecule has 0 fully saturated rings. The Hall–Kier alpha value is -1.16. The summed E-state index contributed by atoms with van der Waals surface area (Å²) in [5.74, 6) is -0.0527. The number of aryl methyl sites for hydroxylation is 1. The van der Waals surface area contributed by atoms with Gasteiger partial charge in [-0.05, 0) is 12.0 Å². The molecule has 0 unspecified atom stereocenters. The number of carbonyl (C=O) groups excluding carboxylic acids is 1. The number of sulfone groups is 1. The zero-order chi connectivity index (χ0) is 9.47. The summed E-state index contributed by atoms with van der Waals surface area (Å²) in [6.45, 7) is 0. The van der Waals surface area contributed by atoms with Crippen molar-refractivity contribution in [3.05, 3.63) is 35.4 Å². The van der Waals surface area contributed by atoms with E-state index in [4.69, 9.17) is 0 Å². The van der Waals surface area contributed by atoms with E-state index in [9.17, 15) is 13.2 Å². The van der Waals surface area contributed by atoms with Gasteiger partial charge in [-0.15, -0.1) is 0 Å². The van der Waals surface area contributed by atoms with Crippen molar-refractivity contribution < 1.29 is 13.2 Å². The maximum absolute atomic E-state index is 11.4. The minimum Gasteiger partial charge on any atom is -0.276 e. The van der Waals surface area contributed by atoms with E-state index >= 15 is 0 Å². The van der Waals surface area contributed by atoms with Gasteiger partial charge in [0.2, 0.25) is 9.84 Å². The standard InChI is InChI=1S/C9H8O3S/c10-9-8-4-2-1-3-7(8)5-6-13(9,11)12/h1-4H,5-6H2. The highest BCUT2D eigenvalue weighted by molar-refractivity contribution is 8.06. The van der Waals surface area contributed by atoms with E-state index in [-0.39, 0.29) is 5.75 Å². The molecule has 0 saturated carbocycles. The van der Waals surface area contributed by atoms with E-state index in [0.717, 1.165) is 5.56 Å². The molecule has 13 heavy (non-hydrogen) atoms. The number of benzene rings is 1. The minimum absolute atomic E-state index is 0.0527. The largest absolute Gasteiger partial charge is 0.276 e. The summed E-state index contributed by atoms with van der Waals surface area (Å²) in [5, 5.41) is -0.727. The van der Waals surface area contributed by atoms with Crippen LogP contribution in [0.1, 0.15) is 15.9 Å². The molecule has 0 aliphatic carbocycles. The predicted octanol–water partition coefficient (Wildman–Crippen LogP) is 0.798. The fourth-order valence-corrected chi connectivity index (χ4v) is 2.65. The van der Waals surface area contributed by atoms with E-state index in [1.807, 2.05) is 6.07 Å². The lowest BCUT2D eigenvalue weighted by Crippen LogP contribution is -2.26. The summed E-state index contributed by atoms with van der Waals surface area (Å²) in [6, 6.07) is 6.85. The van der Waals surface area contributed by atoms with Gasteiger partial charge < -0.3 is 0 Å². The fourth-order valence-electron chi connectivity index (χ4n) is 1.44. The lowest BCUT2D eigenvalue weighted by atomic mass is 10.1. The Morgan fingerprint density at radius 2 is 1.85 bits per heavy atom. The SMILES string of the molecule is O=C1c2ccccc2CCS1(=O)=O. The van der Waals surface area contributed by atoms with Crippen molar-refractivity contribution in [1.29, 1.82) is 0 Å². The van der Waals surface area contributed by atoms with Crippen molar-refractivity contribution in [2.24, 2.45) is 0 Å². The van der Waals surface area contributed by atoms with E-state index in [2.05, 4.69) is 0 Å². The number of hydrogen-bond donors (Lipinski definition) is 0. The van der Waals surface area contributed by atoms with Crippen LogP contribution in [0.25, 0.3) is 0 Å². The molecule has 0 N–H and O–H groups in total. The molecule has 0 aromatic heterocycles. The van der Waals surface area contributed by atoms with Gasteiger partial charge in [-0.1, -0.05) is 24.3 Å². The van der Waals surface area contributed by atoms with E-state index in [1.165, 1.54) is 0 Å². The van der Waals surface area contributed by atoms with Crippen LogP contribution in [0.5, 0.6) is 0 Å². The minimum atomic E-state index is -3.51. The first-order valence-corrected chi connectivity index (χ1v) is 5.61. The molecular formula is C9H8O3S. The molecule has 1 aliphatic rings. The van der Waals surface area contributed by atoms with Crippen molar-refractivity contribution in [2.45, 2.75) is 6.42 Å². The van der Waals surface area contributed by atoms with Gasteiger partial charge in [0.05, 0.1) is 5.75 Å². The molecule has 0 radical (unpaired) electrons. The average Bonchev–Trinajstić information content (AvgIpc) is 2.13. The number of hydrogen-bond acceptors (Lipinski definition) is 3. The summed E-state index contributed by atoms with van der Waals surface area (Å²) >= 11 is 0. The lowest BCUT2D eigenvalue weighted by molar-refractivity contribution is 0.107. The maximum Gasteiger partial charge on any atom is 0.276 e. The summed E-state index contributed by atoms with van der Waals surface area (Å²) < 4.78 is 22.4. The zero-order valence-electron chi connectivity index (χ0n) is 6.86. The number of rotatable bonds is 0. The van der Waals surface area contributed by atoms with Crippen molar-refractivity contribution >= 4 is 15.0 Å². The fraction of sp³-hybridized carbons (Fsp3) is 0.222. The van der Waals surface area contributed by atoms with Crippen molar-refractivity contribution in [3.63, 3.8) is 0 Å². The van der Waals surface area contributed by atoms with Gasteiger partial charge in [-0.25, -0.2) is 8.42 Å². The number of fused-ring (bicyclic) bond motifs is 1. The third-order valence-corrected chi connectivity index (χ3v) is 3.69. The van der Waals surface area contributed by atoms with E-state index in [0.29, 0.717) is 12.0 Å². The first-order chi connectivity index (χ1) is 6.11. The van der Waals surface area contributed by atoms with Crippen LogP contribution >= 0.6 is 0 Å². The van der Waals surface area contributed by atoms with Crippen molar-refractivity contribution in [3.8, 4) is 0 Å². The van der Waals surface area contributed by atoms with E-state index < -0.39 is 15.0 Å². The van der Waals surface area contributed by atoms with Gasteiger partial charge in [-0.3, -0.25) is 4.79 Å². The van der Waals surface area contributed by atoms with Crippen LogP contribution in [0.4, 0.5) is 0 Å². The second-order valence-corrected chi connectivity index (χ2v) is 5.02. The smallest absolute Gasteiger partial charge is 0.276 e. The molecule has 4 heteroatoms. The van der Waals surface area contributed by atoms with Gasteiger partial charge >= 0.3 is 0 Å². The molecule has 1 heterocycles. The molecule has 68 valence electrons. The van der Waals surface area contributed by atoms with Crippen LogP contribution < -0.4 is 0 Å².